The van der Waals surface area contributed by atoms with Gasteiger partial charge in [-0.3, -0.25) is 0 Å². The molecule has 0 saturated heterocycles. The average Bonchev–Trinajstić information content (AvgIpc) is 3.21. The van der Waals surface area contributed by atoms with Crippen molar-refractivity contribution in [3.8, 4) is 11.5 Å². The fraction of sp³-hybridized carbons (Fsp3) is 0.250. The van der Waals surface area contributed by atoms with Crippen LogP contribution in [0.2, 0.25) is 0 Å². The first kappa shape index (κ1) is 20.9. The minimum atomic E-state index is 0. The van der Waals surface area contributed by atoms with E-state index in [1.165, 1.54) is 5.69 Å². The molecule has 3 N–H and O–H groups in total. The standard InChI is InChI=1S/C20H24N4O2.HI/c1-25-17-8-9-19(26-2)18(13-17)23-20(21)22-14-15-6-5-7-16(12-15)24-10-3-4-11-24;/h3-9,12-13H,10-11,14H2,1-2H3,(H3,21,22,23);1H. The molecule has 0 radical (unpaired) electrons. The van der Waals surface area contributed by atoms with Gasteiger partial charge < -0.3 is 25.4 Å². The molecule has 0 aromatic heterocycles. The largest absolute Gasteiger partial charge is 0.497 e. The molecule has 0 aliphatic carbocycles. The Hall–Kier alpha value is -2.42. The summed E-state index contributed by atoms with van der Waals surface area (Å²) >= 11 is 0. The Labute approximate surface area is 177 Å². The molecule has 0 amide bonds. The van der Waals surface area contributed by atoms with Crippen LogP contribution in [0.1, 0.15) is 5.56 Å². The molecule has 6 nitrogen and oxygen atoms in total. The lowest BCUT2D eigenvalue weighted by Gasteiger charge is -2.18. The summed E-state index contributed by atoms with van der Waals surface area (Å²) in [7, 11) is 3.23. The minimum Gasteiger partial charge on any atom is -0.497 e. The van der Waals surface area contributed by atoms with Crippen molar-refractivity contribution in [2.45, 2.75) is 6.54 Å². The number of anilines is 2. The van der Waals surface area contributed by atoms with Crippen molar-refractivity contribution >= 4 is 41.3 Å². The van der Waals surface area contributed by atoms with Crippen molar-refractivity contribution in [3.63, 3.8) is 0 Å². The third kappa shape index (κ3) is 5.53. The summed E-state index contributed by atoms with van der Waals surface area (Å²) in [6.45, 7) is 2.40. The van der Waals surface area contributed by atoms with E-state index in [0.29, 0.717) is 29.7 Å². The average molecular weight is 480 g/mol. The van der Waals surface area contributed by atoms with Gasteiger partial charge in [0.2, 0.25) is 0 Å². The molecule has 27 heavy (non-hydrogen) atoms. The molecule has 7 heteroatoms. The van der Waals surface area contributed by atoms with Crippen molar-refractivity contribution in [2.24, 2.45) is 10.7 Å². The molecule has 3 rings (SSSR count). The Bertz CT molecular complexity index is 815. The van der Waals surface area contributed by atoms with Crippen LogP contribution >= 0.6 is 24.0 Å². The maximum atomic E-state index is 6.05. The van der Waals surface area contributed by atoms with E-state index in [2.05, 4.69) is 45.6 Å². The maximum absolute atomic E-state index is 6.05. The quantitative estimate of drug-likeness (QED) is 0.286. The van der Waals surface area contributed by atoms with Crippen molar-refractivity contribution in [1.29, 1.82) is 0 Å². The molecule has 1 aliphatic rings. The summed E-state index contributed by atoms with van der Waals surface area (Å²) in [5.41, 5.74) is 9.07. The first-order valence-electron chi connectivity index (χ1n) is 8.47. The van der Waals surface area contributed by atoms with Crippen LogP contribution in [-0.4, -0.2) is 33.3 Å². The van der Waals surface area contributed by atoms with E-state index >= 15 is 0 Å². The van der Waals surface area contributed by atoms with Gasteiger partial charge in [-0.1, -0.05) is 24.3 Å². The zero-order chi connectivity index (χ0) is 18.4. The van der Waals surface area contributed by atoms with Gasteiger partial charge in [-0.15, -0.1) is 24.0 Å². The highest BCUT2D eigenvalue weighted by Gasteiger charge is 2.08. The molecule has 0 atom stereocenters. The van der Waals surface area contributed by atoms with E-state index in [9.17, 15) is 0 Å². The van der Waals surface area contributed by atoms with Crippen LogP contribution in [-0.2, 0) is 6.54 Å². The van der Waals surface area contributed by atoms with E-state index < -0.39 is 0 Å². The SMILES string of the molecule is COc1ccc(OC)c(NC(N)=NCc2cccc(N3CC=CC3)c2)c1.I. The van der Waals surface area contributed by atoms with Gasteiger partial charge in [0.05, 0.1) is 26.5 Å². The van der Waals surface area contributed by atoms with E-state index in [1.54, 1.807) is 14.2 Å². The monoisotopic (exact) mass is 480 g/mol. The summed E-state index contributed by atoms with van der Waals surface area (Å²) in [5, 5.41) is 3.08. The highest BCUT2D eigenvalue weighted by molar-refractivity contribution is 14.0. The summed E-state index contributed by atoms with van der Waals surface area (Å²) in [5.74, 6) is 1.71. The second-order valence-electron chi connectivity index (χ2n) is 5.94. The number of guanidine groups is 1. The minimum absolute atomic E-state index is 0. The van der Waals surface area contributed by atoms with Crippen molar-refractivity contribution in [2.75, 3.05) is 37.5 Å². The highest BCUT2D eigenvalue weighted by atomic mass is 127. The second kappa shape index (κ2) is 10.1. The van der Waals surface area contributed by atoms with Crippen LogP contribution in [0, 0.1) is 0 Å². The molecule has 1 aliphatic heterocycles. The first-order chi connectivity index (χ1) is 12.7. The lowest BCUT2D eigenvalue weighted by atomic mass is 10.2. The third-order valence-electron chi connectivity index (χ3n) is 4.20. The van der Waals surface area contributed by atoms with Crippen molar-refractivity contribution in [1.82, 2.24) is 0 Å². The van der Waals surface area contributed by atoms with Crippen LogP contribution in [0.15, 0.2) is 59.6 Å². The number of nitrogens with zero attached hydrogens (tertiary/aromatic N) is 2. The number of nitrogens with two attached hydrogens (primary N) is 1. The fourth-order valence-corrected chi connectivity index (χ4v) is 2.81. The van der Waals surface area contributed by atoms with E-state index in [4.69, 9.17) is 15.2 Å². The molecule has 1 heterocycles. The number of methoxy groups -OCH3 is 2. The number of hydrogen-bond acceptors (Lipinski definition) is 4. The van der Waals surface area contributed by atoms with Crippen LogP contribution in [0.25, 0.3) is 0 Å². The van der Waals surface area contributed by atoms with Gasteiger partial charge in [0.25, 0.3) is 0 Å². The lowest BCUT2D eigenvalue weighted by molar-refractivity contribution is 0.405. The Morgan fingerprint density at radius 2 is 1.89 bits per heavy atom. The molecule has 144 valence electrons. The number of hydrogen-bond donors (Lipinski definition) is 2. The number of rotatable bonds is 6. The van der Waals surface area contributed by atoms with Crippen molar-refractivity contribution in [3.05, 3.63) is 60.2 Å². The molecular weight excluding hydrogens is 455 g/mol. The predicted molar refractivity (Wildman–Crippen MR) is 122 cm³/mol. The smallest absolute Gasteiger partial charge is 0.193 e. The molecule has 0 bridgehead atoms. The molecule has 0 saturated carbocycles. The zero-order valence-electron chi connectivity index (χ0n) is 15.5. The number of benzene rings is 2. The molecule has 2 aromatic rings. The Kier molecular flexibility index (Phi) is 7.78. The summed E-state index contributed by atoms with van der Waals surface area (Å²) in [6, 6.07) is 13.8. The second-order valence-corrected chi connectivity index (χ2v) is 5.94. The summed E-state index contributed by atoms with van der Waals surface area (Å²) < 4.78 is 10.6. The van der Waals surface area contributed by atoms with Crippen LogP contribution in [0.4, 0.5) is 11.4 Å². The van der Waals surface area contributed by atoms with Gasteiger partial charge >= 0.3 is 0 Å². The number of halogens is 1. The summed E-state index contributed by atoms with van der Waals surface area (Å²) in [6.07, 6.45) is 4.35. The normalized spacial score (nSPS) is 13.3. The van der Waals surface area contributed by atoms with Gasteiger partial charge in [-0.2, -0.15) is 0 Å². The van der Waals surface area contributed by atoms with Crippen LogP contribution < -0.4 is 25.4 Å². The Morgan fingerprint density at radius 1 is 1.11 bits per heavy atom. The maximum Gasteiger partial charge on any atom is 0.193 e. The van der Waals surface area contributed by atoms with E-state index in [1.807, 2.05) is 24.3 Å². The number of aliphatic imine (C=N–C) groups is 1. The highest BCUT2D eigenvalue weighted by Crippen LogP contribution is 2.28. The Balaban J connectivity index is 0.00000261. The zero-order valence-corrected chi connectivity index (χ0v) is 17.8. The predicted octanol–water partition coefficient (Wildman–Crippen LogP) is 3.62. The van der Waals surface area contributed by atoms with Crippen LogP contribution in [0.3, 0.4) is 0 Å². The first-order valence-corrected chi connectivity index (χ1v) is 8.47. The molecule has 0 fully saturated rings. The van der Waals surface area contributed by atoms with Crippen molar-refractivity contribution < 1.29 is 9.47 Å². The molecule has 2 aromatic carbocycles. The van der Waals surface area contributed by atoms with Gasteiger partial charge in [0.15, 0.2) is 5.96 Å². The molecular formula is C20H25IN4O2. The Morgan fingerprint density at radius 3 is 2.59 bits per heavy atom. The van der Waals surface area contributed by atoms with Gasteiger partial charge in [-0.25, -0.2) is 4.99 Å². The topological polar surface area (TPSA) is 72.1 Å². The lowest BCUT2D eigenvalue weighted by Crippen LogP contribution is -2.23. The van der Waals surface area contributed by atoms with E-state index in [0.717, 1.165) is 18.7 Å². The fourth-order valence-electron chi connectivity index (χ4n) is 2.81. The number of ether oxygens (including phenoxy) is 2. The molecule has 0 unspecified atom stereocenters. The van der Waals surface area contributed by atoms with Gasteiger partial charge in [0.1, 0.15) is 11.5 Å². The van der Waals surface area contributed by atoms with Gasteiger partial charge in [0, 0.05) is 24.8 Å². The molecule has 0 spiro atoms. The van der Waals surface area contributed by atoms with E-state index in [-0.39, 0.29) is 24.0 Å². The van der Waals surface area contributed by atoms with Gasteiger partial charge in [-0.05, 0) is 29.8 Å². The van der Waals surface area contributed by atoms with Crippen LogP contribution in [0.5, 0.6) is 11.5 Å². The number of nitrogens with one attached hydrogen (secondary N) is 1. The third-order valence-corrected chi connectivity index (χ3v) is 4.20. The summed E-state index contributed by atoms with van der Waals surface area (Å²) in [4.78, 5) is 6.74.